The third kappa shape index (κ3) is 4.58. The van der Waals surface area contributed by atoms with E-state index in [9.17, 15) is 14.0 Å². The number of hydrogen-bond donors (Lipinski definition) is 2. The summed E-state index contributed by atoms with van der Waals surface area (Å²) in [6.45, 7) is 2.11. The summed E-state index contributed by atoms with van der Waals surface area (Å²) in [5.74, 6) is -0.388. The zero-order valence-electron chi connectivity index (χ0n) is 19.0. The second kappa shape index (κ2) is 9.55. The Morgan fingerprint density at radius 1 is 1.06 bits per heavy atom. The standard InChI is InChI=1S/C24H23FN8O2/c1-26-24(35)19-5-3-16(12-27-19)23(34)31-22-10-20-15(11-28-22)2-4-18(30-20)17-13-29-33-9-8-32(7-6-25)14-21(17)33/h2-5,10-13H,6-9,14H2,1H3,(H,26,35)(H,28,31,34). The maximum atomic E-state index is 12.8. The molecule has 0 saturated carbocycles. The van der Waals surface area contributed by atoms with Crippen molar-refractivity contribution in [1.29, 1.82) is 0 Å². The lowest BCUT2D eigenvalue weighted by Crippen LogP contribution is -2.35. The van der Waals surface area contributed by atoms with E-state index in [1.165, 1.54) is 25.4 Å². The number of pyridine rings is 3. The number of fused-ring (bicyclic) bond motifs is 2. The minimum atomic E-state index is -0.400. The van der Waals surface area contributed by atoms with Crippen molar-refractivity contribution in [2.24, 2.45) is 0 Å². The highest BCUT2D eigenvalue weighted by Gasteiger charge is 2.21. The van der Waals surface area contributed by atoms with Crippen molar-refractivity contribution in [3.05, 3.63) is 65.9 Å². The van der Waals surface area contributed by atoms with Crippen LogP contribution in [0.4, 0.5) is 10.2 Å². The third-order valence-electron chi connectivity index (χ3n) is 5.93. The van der Waals surface area contributed by atoms with Crippen LogP contribution < -0.4 is 10.6 Å². The van der Waals surface area contributed by atoms with Crippen molar-refractivity contribution in [2.45, 2.75) is 13.1 Å². The van der Waals surface area contributed by atoms with Crippen molar-refractivity contribution in [3.63, 3.8) is 0 Å². The van der Waals surface area contributed by atoms with E-state index in [-0.39, 0.29) is 18.3 Å². The van der Waals surface area contributed by atoms with Crippen LogP contribution in [0.15, 0.2) is 48.9 Å². The van der Waals surface area contributed by atoms with Crippen LogP contribution in [0, 0.1) is 0 Å². The number of amides is 2. The molecule has 5 rings (SSSR count). The minimum absolute atomic E-state index is 0.222. The molecule has 4 aromatic rings. The van der Waals surface area contributed by atoms with Crippen molar-refractivity contribution < 1.29 is 14.0 Å². The van der Waals surface area contributed by atoms with E-state index < -0.39 is 5.91 Å². The van der Waals surface area contributed by atoms with Crippen molar-refractivity contribution >= 4 is 28.5 Å². The normalized spacial score (nSPS) is 13.4. The maximum absolute atomic E-state index is 12.8. The molecule has 0 aromatic carbocycles. The predicted octanol–water partition coefficient (Wildman–Crippen LogP) is 2.29. The van der Waals surface area contributed by atoms with Crippen LogP contribution in [0.3, 0.4) is 0 Å². The number of halogens is 1. The lowest BCUT2D eigenvalue weighted by molar-refractivity contribution is 0.0955. The van der Waals surface area contributed by atoms with Crippen LogP contribution >= 0.6 is 0 Å². The fraction of sp³-hybridized carbons (Fsp3) is 0.250. The summed E-state index contributed by atoms with van der Waals surface area (Å²) < 4.78 is 14.8. The summed E-state index contributed by atoms with van der Waals surface area (Å²) in [4.78, 5) is 39.5. The average Bonchev–Trinajstić information content (AvgIpc) is 3.31. The van der Waals surface area contributed by atoms with Crippen molar-refractivity contribution in [3.8, 4) is 11.3 Å². The Kier molecular flexibility index (Phi) is 6.15. The Labute approximate surface area is 200 Å². The van der Waals surface area contributed by atoms with Gasteiger partial charge in [0.1, 0.15) is 18.2 Å². The molecule has 5 heterocycles. The van der Waals surface area contributed by atoms with Crippen LogP contribution in [0.5, 0.6) is 0 Å². The molecule has 2 N–H and O–H groups in total. The second-order valence-electron chi connectivity index (χ2n) is 8.12. The highest BCUT2D eigenvalue weighted by atomic mass is 19.1. The van der Waals surface area contributed by atoms with Gasteiger partial charge < -0.3 is 10.6 Å². The molecule has 0 bridgehead atoms. The second-order valence-corrected chi connectivity index (χ2v) is 8.12. The molecular weight excluding hydrogens is 451 g/mol. The van der Waals surface area contributed by atoms with E-state index in [0.717, 1.165) is 28.9 Å². The van der Waals surface area contributed by atoms with E-state index in [0.29, 0.717) is 36.5 Å². The number of hydrogen-bond acceptors (Lipinski definition) is 7. The summed E-state index contributed by atoms with van der Waals surface area (Å²) in [6.07, 6.45) is 4.78. The summed E-state index contributed by atoms with van der Waals surface area (Å²) >= 11 is 0. The zero-order valence-corrected chi connectivity index (χ0v) is 19.0. The highest BCUT2D eigenvalue weighted by molar-refractivity contribution is 6.04. The Morgan fingerprint density at radius 3 is 2.71 bits per heavy atom. The van der Waals surface area contributed by atoms with Gasteiger partial charge in [0.05, 0.1) is 35.2 Å². The molecule has 0 unspecified atom stereocenters. The monoisotopic (exact) mass is 474 g/mol. The van der Waals surface area contributed by atoms with Gasteiger partial charge in [-0.25, -0.2) is 14.4 Å². The number of aromatic nitrogens is 5. The van der Waals surface area contributed by atoms with Gasteiger partial charge in [0.2, 0.25) is 0 Å². The molecule has 178 valence electrons. The molecule has 0 atom stereocenters. The molecule has 0 aliphatic carbocycles. The maximum Gasteiger partial charge on any atom is 0.269 e. The van der Waals surface area contributed by atoms with Crippen LogP contribution in [0.2, 0.25) is 0 Å². The average molecular weight is 475 g/mol. The number of nitrogens with zero attached hydrogens (tertiary/aromatic N) is 6. The number of rotatable bonds is 6. The lowest BCUT2D eigenvalue weighted by Gasteiger charge is -2.27. The molecule has 10 nitrogen and oxygen atoms in total. The quantitative estimate of drug-likeness (QED) is 0.440. The van der Waals surface area contributed by atoms with Crippen molar-refractivity contribution in [2.75, 3.05) is 32.1 Å². The zero-order chi connectivity index (χ0) is 24.4. The van der Waals surface area contributed by atoms with E-state index in [2.05, 4.69) is 30.6 Å². The van der Waals surface area contributed by atoms with Gasteiger partial charge in [0, 0.05) is 56.1 Å². The smallest absolute Gasteiger partial charge is 0.269 e. The lowest BCUT2D eigenvalue weighted by atomic mass is 10.1. The molecule has 0 saturated heterocycles. The van der Waals surface area contributed by atoms with E-state index in [1.807, 2.05) is 16.8 Å². The fourth-order valence-corrected chi connectivity index (χ4v) is 4.04. The number of anilines is 1. The third-order valence-corrected chi connectivity index (χ3v) is 5.93. The van der Waals surface area contributed by atoms with E-state index in [4.69, 9.17) is 4.98 Å². The van der Waals surface area contributed by atoms with E-state index >= 15 is 0 Å². The highest BCUT2D eigenvalue weighted by Crippen LogP contribution is 2.27. The molecule has 1 aliphatic heterocycles. The first-order chi connectivity index (χ1) is 17.1. The molecule has 35 heavy (non-hydrogen) atoms. The first-order valence-corrected chi connectivity index (χ1v) is 11.2. The van der Waals surface area contributed by atoms with Gasteiger partial charge >= 0.3 is 0 Å². The molecule has 0 radical (unpaired) electrons. The van der Waals surface area contributed by atoms with Crippen molar-refractivity contribution in [1.82, 2.24) is 34.9 Å². The molecule has 11 heteroatoms. The van der Waals surface area contributed by atoms with Crippen LogP contribution in [-0.2, 0) is 13.1 Å². The Morgan fingerprint density at radius 2 is 1.94 bits per heavy atom. The molecule has 1 aliphatic rings. The Hall–Kier alpha value is -4.25. The van der Waals surface area contributed by atoms with Crippen LogP contribution in [-0.4, -0.2) is 68.3 Å². The summed E-state index contributed by atoms with van der Waals surface area (Å²) in [5, 5.41) is 10.5. The van der Waals surface area contributed by atoms with Gasteiger partial charge in [0.15, 0.2) is 0 Å². The van der Waals surface area contributed by atoms with Gasteiger partial charge in [0.25, 0.3) is 11.8 Å². The topological polar surface area (TPSA) is 118 Å². The Balaban J connectivity index is 1.38. The van der Waals surface area contributed by atoms with Gasteiger partial charge in [-0.1, -0.05) is 0 Å². The molecule has 0 spiro atoms. The first kappa shape index (κ1) is 22.5. The molecule has 4 aromatic heterocycles. The van der Waals surface area contributed by atoms with Gasteiger partial charge in [-0.15, -0.1) is 0 Å². The fourth-order valence-electron chi connectivity index (χ4n) is 4.04. The van der Waals surface area contributed by atoms with Crippen LogP contribution in [0.25, 0.3) is 22.2 Å². The molecule has 2 amide bonds. The number of nitrogens with one attached hydrogen (secondary N) is 2. The number of alkyl halides is 1. The first-order valence-electron chi connectivity index (χ1n) is 11.2. The predicted molar refractivity (Wildman–Crippen MR) is 128 cm³/mol. The van der Waals surface area contributed by atoms with Crippen LogP contribution in [0.1, 0.15) is 26.5 Å². The SMILES string of the molecule is CNC(=O)c1ccc(C(=O)Nc2cc3nc(-c4cnn5c4CN(CCF)CC5)ccc3cn2)cn1. The van der Waals surface area contributed by atoms with E-state index in [1.54, 1.807) is 18.5 Å². The molecule has 0 fully saturated rings. The van der Waals surface area contributed by atoms with Gasteiger partial charge in [-0.05, 0) is 24.3 Å². The largest absolute Gasteiger partial charge is 0.354 e. The summed E-state index contributed by atoms with van der Waals surface area (Å²) in [7, 11) is 1.51. The minimum Gasteiger partial charge on any atom is -0.354 e. The summed E-state index contributed by atoms with van der Waals surface area (Å²) in [5.41, 5.74) is 3.84. The summed E-state index contributed by atoms with van der Waals surface area (Å²) in [6, 6.07) is 8.54. The number of carbonyl (C=O) groups excluding carboxylic acids is 2. The Bertz CT molecular complexity index is 1400. The van der Waals surface area contributed by atoms with Gasteiger partial charge in [-0.3, -0.25) is 24.2 Å². The molecular formula is C24H23FN8O2. The van der Waals surface area contributed by atoms with Gasteiger partial charge in [-0.2, -0.15) is 5.10 Å². The number of carbonyl (C=O) groups is 2.